The topological polar surface area (TPSA) is 61.2 Å². The molecule has 0 aliphatic carbocycles. The van der Waals surface area contributed by atoms with E-state index in [1.165, 1.54) is 6.42 Å². The molecule has 3 rings (SSSR count). The molecule has 0 saturated carbocycles. The summed E-state index contributed by atoms with van der Waals surface area (Å²) in [6, 6.07) is 6.21. The third kappa shape index (κ3) is 3.53. The molecule has 1 unspecified atom stereocenters. The van der Waals surface area contributed by atoms with Crippen molar-refractivity contribution in [3.63, 3.8) is 0 Å². The third-order valence-electron chi connectivity index (χ3n) is 4.23. The molecule has 1 aliphatic rings. The number of hydrogen-bond acceptors (Lipinski definition) is 5. The Morgan fingerprint density at radius 1 is 1.21 bits per heavy atom. The molecule has 0 saturated heterocycles. The Morgan fingerprint density at radius 2 is 2.04 bits per heavy atom. The minimum Gasteiger partial charge on any atom is -0.493 e. The van der Waals surface area contributed by atoms with Crippen LogP contribution in [0.1, 0.15) is 50.4 Å². The van der Waals surface area contributed by atoms with Gasteiger partial charge in [-0.1, -0.05) is 6.07 Å². The van der Waals surface area contributed by atoms with Gasteiger partial charge in [0.2, 0.25) is 0 Å². The molecular formula is C18H26N4O2. The lowest BCUT2D eigenvalue weighted by atomic mass is 10.2. The lowest BCUT2D eigenvalue weighted by Gasteiger charge is -2.16. The van der Waals surface area contributed by atoms with E-state index in [-0.39, 0.29) is 12.1 Å². The van der Waals surface area contributed by atoms with Crippen LogP contribution >= 0.6 is 0 Å². The largest absolute Gasteiger partial charge is 0.493 e. The van der Waals surface area contributed by atoms with Crippen LogP contribution in [-0.4, -0.2) is 28.0 Å². The number of nitrogens with one attached hydrogen (secondary N) is 1. The van der Waals surface area contributed by atoms with Crippen molar-refractivity contribution >= 4 is 0 Å². The standard InChI is InChI=1S/C18H26N4O2/c1-12(2)24-15-8-7-14(10-16(15)23-4)11-19-13(3)18-21-20-17-6-5-9-22(17)18/h7-8,10,12-13,19H,5-6,9,11H2,1-4H3. The van der Waals surface area contributed by atoms with E-state index in [1.54, 1.807) is 7.11 Å². The molecule has 6 nitrogen and oxygen atoms in total. The summed E-state index contributed by atoms with van der Waals surface area (Å²) in [6.07, 6.45) is 2.32. The highest BCUT2D eigenvalue weighted by molar-refractivity contribution is 5.43. The molecule has 1 aliphatic heterocycles. The van der Waals surface area contributed by atoms with E-state index in [0.717, 1.165) is 48.2 Å². The van der Waals surface area contributed by atoms with Crippen molar-refractivity contribution in [3.8, 4) is 11.5 Å². The monoisotopic (exact) mass is 330 g/mol. The highest BCUT2D eigenvalue weighted by Gasteiger charge is 2.21. The van der Waals surface area contributed by atoms with Gasteiger partial charge in [-0.15, -0.1) is 10.2 Å². The van der Waals surface area contributed by atoms with Crippen LogP contribution in [0.3, 0.4) is 0 Å². The lowest BCUT2D eigenvalue weighted by Crippen LogP contribution is -2.21. The fraction of sp³-hybridized carbons (Fsp3) is 0.556. The molecule has 0 amide bonds. The summed E-state index contributed by atoms with van der Waals surface area (Å²) >= 11 is 0. The molecule has 6 heteroatoms. The quantitative estimate of drug-likeness (QED) is 0.846. The summed E-state index contributed by atoms with van der Waals surface area (Å²) in [5.74, 6) is 3.67. The van der Waals surface area contributed by atoms with Crippen molar-refractivity contribution in [2.24, 2.45) is 0 Å². The van der Waals surface area contributed by atoms with E-state index < -0.39 is 0 Å². The maximum absolute atomic E-state index is 5.76. The molecule has 2 aromatic rings. The molecule has 0 bridgehead atoms. The Kier molecular flexibility index (Phi) is 5.04. The van der Waals surface area contributed by atoms with Gasteiger partial charge < -0.3 is 19.4 Å². The third-order valence-corrected chi connectivity index (χ3v) is 4.23. The molecule has 130 valence electrons. The molecule has 0 radical (unpaired) electrons. The number of hydrogen-bond donors (Lipinski definition) is 1. The summed E-state index contributed by atoms with van der Waals surface area (Å²) in [5.41, 5.74) is 1.15. The van der Waals surface area contributed by atoms with Crippen molar-refractivity contribution in [1.29, 1.82) is 0 Å². The van der Waals surface area contributed by atoms with E-state index in [1.807, 2.05) is 26.0 Å². The summed E-state index contributed by atoms with van der Waals surface area (Å²) in [4.78, 5) is 0. The number of rotatable bonds is 7. The molecule has 1 aromatic heterocycles. The van der Waals surface area contributed by atoms with Gasteiger partial charge >= 0.3 is 0 Å². The van der Waals surface area contributed by atoms with Gasteiger partial charge in [0, 0.05) is 19.5 Å². The van der Waals surface area contributed by atoms with Gasteiger partial charge in [0.15, 0.2) is 11.5 Å². The van der Waals surface area contributed by atoms with Crippen LogP contribution in [0.15, 0.2) is 18.2 Å². The second-order valence-corrected chi connectivity index (χ2v) is 6.48. The highest BCUT2D eigenvalue weighted by atomic mass is 16.5. The number of benzene rings is 1. The van der Waals surface area contributed by atoms with Gasteiger partial charge in [-0.2, -0.15) is 0 Å². The van der Waals surface area contributed by atoms with Gasteiger partial charge in [0.05, 0.1) is 19.3 Å². The van der Waals surface area contributed by atoms with Crippen molar-refractivity contribution in [2.45, 2.75) is 58.8 Å². The van der Waals surface area contributed by atoms with Gasteiger partial charge in [0.25, 0.3) is 0 Å². The first-order valence-electron chi connectivity index (χ1n) is 8.57. The maximum atomic E-state index is 5.76. The Balaban J connectivity index is 1.65. The fourth-order valence-electron chi connectivity index (χ4n) is 3.03. The predicted octanol–water partition coefficient (Wildman–Crippen LogP) is 2.87. The van der Waals surface area contributed by atoms with E-state index in [4.69, 9.17) is 9.47 Å². The SMILES string of the molecule is COc1cc(CNC(C)c2nnc3n2CCC3)ccc1OC(C)C. The normalized spacial score (nSPS) is 14.7. The second-order valence-electron chi connectivity index (χ2n) is 6.48. The van der Waals surface area contributed by atoms with Crippen molar-refractivity contribution < 1.29 is 9.47 Å². The van der Waals surface area contributed by atoms with Gasteiger partial charge in [-0.05, 0) is 44.9 Å². The van der Waals surface area contributed by atoms with E-state index >= 15 is 0 Å². The zero-order valence-electron chi connectivity index (χ0n) is 14.9. The zero-order chi connectivity index (χ0) is 17.1. The maximum Gasteiger partial charge on any atom is 0.161 e. The van der Waals surface area contributed by atoms with Gasteiger partial charge in [-0.25, -0.2) is 0 Å². The Hall–Kier alpha value is -2.08. The van der Waals surface area contributed by atoms with Crippen LogP contribution in [0.4, 0.5) is 0 Å². The lowest BCUT2D eigenvalue weighted by molar-refractivity contribution is 0.230. The van der Waals surface area contributed by atoms with Crippen LogP contribution in [-0.2, 0) is 19.5 Å². The van der Waals surface area contributed by atoms with E-state index in [2.05, 4.69) is 33.1 Å². The number of fused-ring (bicyclic) bond motifs is 1. The Labute approximate surface area is 143 Å². The molecule has 1 atom stereocenters. The molecule has 0 fully saturated rings. The minimum absolute atomic E-state index is 0.123. The Bertz CT molecular complexity index is 696. The predicted molar refractivity (Wildman–Crippen MR) is 92.4 cm³/mol. The van der Waals surface area contributed by atoms with Gasteiger partial charge in [0.1, 0.15) is 11.6 Å². The first-order valence-corrected chi connectivity index (χ1v) is 8.57. The van der Waals surface area contributed by atoms with Crippen molar-refractivity contribution in [2.75, 3.05) is 7.11 Å². The second kappa shape index (κ2) is 7.21. The van der Waals surface area contributed by atoms with Crippen molar-refractivity contribution in [3.05, 3.63) is 35.4 Å². The average molecular weight is 330 g/mol. The number of nitrogens with zero attached hydrogens (tertiary/aromatic N) is 3. The number of aryl methyl sites for hydroxylation is 1. The fourth-order valence-corrected chi connectivity index (χ4v) is 3.03. The summed E-state index contributed by atoms with van der Waals surface area (Å²) in [7, 11) is 1.67. The number of aromatic nitrogens is 3. The summed E-state index contributed by atoms with van der Waals surface area (Å²) in [6.45, 7) is 7.91. The van der Waals surface area contributed by atoms with Crippen LogP contribution in [0.5, 0.6) is 11.5 Å². The number of ether oxygens (including phenoxy) is 2. The molecule has 24 heavy (non-hydrogen) atoms. The summed E-state index contributed by atoms with van der Waals surface area (Å²) in [5, 5.41) is 12.1. The highest BCUT2D eigenvalue weighted by Crippen LogP contribution is 2.29. The van der Waals surface area contributed by atoms with E-state index in [9.17, 15) is 0 Å². The molecule has 1 aromatic carbocycles. The van der Waals surface area contributed by atoms with Gasteiger partial charge in [-0.3, -0.25) is 0 Å². The van der Waals surface area contributed by atoms with E-state index in [0.29, 0.717) is 0 Å². The van der Waals surface area contributed by atoms with Crippen molar-refractivity contribution in [1.82, 2.24) is 20.1 Å². The van der Waals surface area contributed by atoms with Crippen LogP contribution in [0.2, 0.25) is 0 Å². The van der Waals surface area contributed by atoms with Crippen LogP contribution in [0, 0.1) is 0 Å². The zero-order valence-corrected chi connectivity index (χ0v) is 14.9. The molecular weight excluding hydrogens is 304 g/mol. The first kappa shape index (κ1) is 16.8. The Morgan fingerprint density at radius 3 is 2.79 bits per heavy atom. The number of methoxy groups -OCH3 is 1. The average Bonchev–Trinajstić information content (AvgIpc) is 3.16. The van der Waals surface area contributed by atoms with Crippen LogP contribution in [0.25, 0.3) is 0 Å². The molecule has 0 spiro atoms. The minimum atomic E-state index is 0.123. The molecule has 1 N–H and O–H groups in total. The summed E-state index contributed by atoms with van der Waals surface area (Å²) < 4.78 is 13.4. The molecule has 2 heterocycles. The smallest absolute Gasteiger partial charge is 0.161 e. The first-order chi connectivity index (χ1) is 11.6. The van der Waals surface area contributed by atoms with Crippen LogP contribution < -0.4 is 14.8 Å².